The lowest BCUT2D eigenvalue weighted by Gasteiger charge is -2.22. The summed E-state index contributed by atoms with van der Waals surface area (Å²) in [7, 11) is 0. The first-order valence-electron chi connectivity index (χ1n) is 7.55. The molecule has 0 saturated carbocycles. The molecule has 5 nitrogen and oxygen atoms in total. The molecular weight excluding hydrogens is 300 g/mol. The van der Waals surface area contributed by atoms with Gasteiger partial charge in [0.15, 0.2) is 0 Å². The van der Waals surface area contributed by atoms with E-state index in [0.717, 1.165) is 29.3 Å². The monoisotopic (exact) mass is 320 g/mol. The molecule has 1 aliphatic rings. The van der Waals surface area contributed by atoms with Gasteiger partial charge in [-0.3, -0.25) is 0 Å². The molecule has 118 valence electrons. The van der Waals surface area contributed by atoms with Gasteiger partial charge < -0.3 is 15.8 Å². The summed E-state index contributed by atoms with van der Waals surface area (Å²) in [6.45, 7) is 5.55. The zero-order chi connectivity index (χ0) is 15.7. The molecule has 3 N–H and O–H groups in total. The highest BCUT2D eigenvalue weighted by Gasteiger charge is 2.21. The summed E-state index contributed by atoms with van der Waals surface area (Å²) in [4.78, 5) is 8.61. The van der Waals surface area contributed by atoms with Crippen molar-refractivity contribution in [3.8, 4) is 5.88 Å². The topological polar surface area (TPSA) is 73.1 Å². The number of nitrogens with two attached hydrogens (primary N) is 1. The van der Waals surface area contributed by atoms with Crippen LogP contribution in [-0.4, -0.2) is 29.2 Å². The number of ether oxygens (including phenoxy) is 1. The van der Waals surface area contributed by atoms with Crippen LogP contribution in [0.2, 0.25) is 5.15 Å². The number of nitrogens with zero attached hydrogens (tertiary/aromatic N) is 2. The van der Waals surface area contributed by atoms with Crippen LogP contribution in [0.3, 0.4) is 0 Å². The van der Waals surface area contributed by atoms with Crippen LogP contribution in [0.15, 0.2) is 18.5 Å². The SMILES string of the molecule is CC(C)(N)c1cnc(OCC2CCCN2)c2cnc(Cl)cc12. The van der Waals surface area contributed by atoms with Crippen molar-refractivity contribution in [3.63, 3.8) is 0 Å². The van der Waals surface area contributed by atoms with Gasteiger partial charge in [-0.15, -0.1) is 0 Å². The first-order valence-corrected chi connectivity index (χ1v) is 7.93. The van der Waals surface area contributed by atoms with Crippen molar-refractivity contribution < 1.29 is 4.74 Å². The Hall–Kier alpha value is -1.43. The van der Waals surface area contributed by atoms with Gasteiger partial charge >= 0.3 is 0 Å². The van der Waals surface area contributed by atoms with Crippen LogP contribution >= 0.6 is 11.6 Å². The zero-order valence-electron chi connectivity index (χ0n) is 12.9. The minimum absolute atomic E-state index is 0.391. The molecule has 0 aliphatic carbocycles. The summed E-state index contributed by atoms with van der Waals surface area (Å²) in [5.74, 6) is 0.584. The fourth-order valence-electron chi connectivity index (χ4n) is 2.79. The molecule has 1 fully saturated rings. The summed E-state index contributed by atoms with van der Waals surface area (Å²) in [5.41, 5.74) is 6.66. The molecule has 0 bridgehead atoms. The minimum atomic E-state index is -0.512. The molecule has 1 saturated heterocycles. The van der Waals surface area contributed by atoms with E-state index in [4.69, 9.17) is 22.1 Å². The van der Waals surface area contributed by atoms with Gasteiger partial charge in [0, 0.05) is 24.0 Å². The molecule has 6 heteroatoms. The van der Waals surface area contributed by atoms with E-state index < -0.39 is 5.54 Å². The quantitative estimate of drug-likeness (QED) is 0.847. The molecule has 0 radical (unpaired) electrons. The number of hydrogen-bond donors (Lipinski definition) is 2. The lowest BCUT2D eigenvalue weighted by molar-refractivity contribution is 0.270. The van der Waals surface area contributed by atoms with Gasteiger partial charge in [-0.05, 0) is 50.2 Å². The van der Waals surface area contributed by atoms with Crippen LogP contribution in [0.5, 0.6) is 5.88 Å². The van der Waals surface area contributed by atoms with Crippen molar-refractivity contribution in [1.82, 2.24) is 15.3 Å². The Balaban J connectivity index is 1.97. The fourth-order valence-corrected chi connectivity index (χ4v) is 2.95. The number of fused-ring (bicyclic) bond motifs is 1. The van der Waals surface area contributed by atoms with E-state index in [1.807, 2.05) is 19.9 Å². The van der Waals surface area contributed by atoms with Crippen molar-refractivity contribution in [2.75, 3.05) is 13.2 Å². The average molecular weight is 321 g/mol. The van der Waals surface area contributed by atoms with Crippen LogP contribution in [0.1, 0.15) is 32.3 Å². The Bertz CT molecular complexity index is 678. The van der Waals surface area contributed by atoms with Crippen molar-refractivity contribution in [1.29, 1.82) is 0 Å². The predicted molar refractivity (Wildman–Crippen MR) is 88.3 cm³/mol. The van der Waals surface area contributed by atoms with Crippen LogP contribution < -0.4 is 15.8 Å². The molecule has 0 aromatic carbocycles. The smallest absolute Gasteiger partial charge is 0.222 e. The van der Waals surface area contributed by atoms with E-state index in [1.54, 1.807) is 12.4 Å². The average Bonchev–Trinajstić information content (AvgIpc) is 2.96. The predicted octanol–water partition coefficient (Wildman–Crippen LogP) is 2.61. The third-order valence-corrected chi connectivity index (χ3v) is 4.19. The lowest BCUT2D eigenvalue weighted by Crippen LogP contribution is -2.30. The second-order valence-corrected chi connectivity index (χ2v) is 6.74. The third kappa shape index (κ3) is 3.16. The molecule has 3 rings (SSSR count). The number of nitrogens with one attached hydrogen (secondary N) is 1. The van der Waals surface area contributed by atoms with E-state index in [0.29, 0.717) is 23.7 Å². The maximum atomic E-state index is 6.24. The molecule has 1 aliphatic heterocycles. The third-order valence-electron chi connectivity index (χ3n) is 3.98. The first-order chi connectivity index (χ1) is 10.4. The lowest BCUT2D eigenvalue weighted by atomic mass is 9.93. The molecule has 0 amide bonds. The molecule has 1 unspecified atom stereocenters. The van der Waals surface area contributed by atoms with E-state index >= 15 is 0 Å². The molecular formula is C16H21ClN4O. The van der Waals surface area contributed by atoms with Gasteiger partial charge in [-0.2, -0.15) is 0 Å². The number of aromatic nitrogens is 2. The maximum Gasteiger partial charge on any atom is 0.222 e. The zero-order valence-corrected chi connectivity index (χ0v) is 13.7. The van der Waals surface area contributed by atoms with Gasteiger partial charge in [-0.1, -0.05) is 11.6 Å². The van der Waals surface area contributed by atoms with Gasteiger partial charge in [0.1, 0.15) is 11.8 Å². The molecule has 1 atom stereocenters. The minimum Gasteiger partial charge on any atom is -0.476 e. The molecule has 3 heterocycles. The Morgan fingerprint density at radius 2 is 2.18 bits per heavy atom. The van der Waals surface area contributed by atoms with Crippen LogP contribution in [0, 0.1) is 0 Å². The molecule has 22 heavy (non-hydrogen) atoms. The van der Waals surface area contributed by atoms with Gasteiger partial charge in [0.05, 0.1) is 5.39 Å². The van der Waals surface area contributed by atoms with Crippen molar-refractivity contribution >= 4 is 22.4 Å². The van der Waals surface area contributed by atoms with Gasteiger partial charge in [-0.25, -0.2) is 9.97 Å². The van der Waals surface area contributed by atoms with Crippen LogP contribution in [0.25, 0.3) is 10.8 Å². The Morgan fingerprint density at radius 3 is 2.86 bits per heavy atom. The Morgan fingerprint density at radius 1 is 1.36 bits per heavy atom. The van der Waals surface area contributed by atoms with Gasteiger partial charge in [0.25, 0.3) is 0 Å². The maximum absolute atomic E-state index is 6.24. The van der Waals surface area contributed by atoms with Crippen molar-refractivity contribution in [2.45, 2.75) is 38.3 Å². The second-order valence-electron chi connectivity index (χ2n) is 6.36. The largest absolute Gasteiger partial charge is 0.476 e. The molecule has 2 aromatic heterocycles. The van der Waals surface area contributed by atoms with E-state index in [2.05, 4.69) is 15.3 Å². The van der Waals surface area contributed by atoms with E-state index in [1.165, 1.54) is 6.42 Å². The van der Waals surface area contributed by atoms with Crippen molar-refractivity contribution in [3.05, 3.63) is 29.2 Å². The summed E-state index contributed by atoms with van der Waals surface area (Å²) in [6, 6.07) is 2.21. The van der Waals surface area contributed by atoms with E-state index in [9.17, 15) is 0 Å². The Labute approximate surface area is 135 Å². The summed E-state index contributed by atoms with van der Waals surface area (Å²) < 4.78 is 5.91. The highest BCUT2D eigenvalue weighted by molar-refractivity contribution is 6.30. The van der Waals surface area contributed by atoms with Crippen LogP contribution in [-0.2, 0) is 5.54 Å². The van der Waals surface area contributed by atoms with E-state index in [-0.39, 0.29) is 0 Å². The number of halogens is 1. The highest BCUT2D eigenvalue weighted by atomic mass is 35.5. The second kappa shape index (κ2) is 5.99. The summed E-state index contributed by atoms with van der Waals surface area (Å²) >= 11 is 6.05. The van der Waals surface area contributed by atoms with Crippen molar-refractivity contribution in [2.24, 2.45) is 5.73 Å². The fraction of sp³-hybridized carbons (Fsp3) is 0.500. The van der Waals surface area contributed by atoms with Crippen LogP contribution in [0.4, 0.5) is 0 Å². The van der Waals surface area contributed by atoms with Gasteiger partial charge in [0.2, 0.25) is 5.88 Å². The summed E-state index contributed by atoms with van der Waals surface area (Å²) in [5, 5.41) is 5.64. The standard InChI is InChI=1S/C16H21ClN4O/c1-16(2,18)13-8-21-15(22-9-10-4-3-5-19-10)12-7-20-14(17)6-11(12)13/h6-8,10,19H,3-5,9,18H2,1-2H3. The molecule has 2 aromatic rings. The Kier molecular flexibility index (Phi) is 4.21. The summed E-state index contributed by atoms with van der Waals surface area (Å²) in [6.07, 6.45) is 5.81. The number of rotatable bonds is 4. The first kappa shape index (κ1) is 15.5. The number of hydrogen-bond acceptors (Lipinski definition) is 5. The molecule has 0 spiro atoms. The number of pyridine rings is 2. The normalized spacial score (nSPS) is 18.8. The highest BCUT2D eigenvalue weighted by Crippen LogP contribution is 2.32.